The van der Waals surface area contributed by atoms with E-state index in [1.807, 2.05) is 7.05 Å². The molecule has 3 aliphatic heterocycles. The molecule has 0 aromatic heterocycles. The molecule has 4 fully saturated rings. The van der Waals surface area contributed by atoms with Crippen molar-refractivity contribution in [2.45, 2.75) is 44.6 Å². The molecule has 1 N–H and O–H groups in total. The Kier molecular flexibility index (Phi) is 5.28. The summed E-state index contributed by atoms with van der Waals surface area (Å²) in [6.45, 7) is 7.87. The van der Waals surface area contributed by atoms with Gasteiger partial charge in [0.2, 0.25) is 0 Å². The zero-order valence-corrected chi connectivity index (χ0v) is 15.3. The molecule has 1 saturated carbocycles. The van der Waals surface area contributed by atoms with E-state index in [4.69, 9.17) is 4.74 Å². The summed E-state index contributed by atoms with van der Waals surface area (Å²) < 4.78 is 5.72. The number of fused-ring (bicyclic) bond motifs is 3. The molecule has 1 aliphatic carbocycles. The molecule has 4 aliphatic rings. The molecular weight excluding hydrogens is 300 g/mol. The Balaban J connectivity index is 1.19. The monoisotopic (exact) mass is 334 g/mol. The topological polar surface area (TPSA) is 40.1 Å². The predicted octanol–water partition coefficient (Wildman–Crippen LogP) is 1.79. The van der Waals surface area contributed by atoms with Crippen molar-refractivity contribution in [3.05, 3.63) is 0 Å². The molecule has 24 heavy (non-hydrogen) atoms. The van der Waals surface area contributed by atoms with E-state index in [9.17, 15) is 0 Å². The molecule has 136 valence electrons. The Morgan fingerprint density at radius 1 is 1.17 bits per heavy atom. The third-order valence-electron chi connectivity index (χ3n) is 6.43. The second-order valence-corrected chi connectivity index (χ2v) is 8.23. The highest BCUT2D eigenvalue weighted by molar-refractivity contribution is 5.80. The first-order valence-corrected chi connectivity index (χ1v) is 10.1. The summed E-state index contributed by atoms with van der Waals surface area (Å²) in [5.41, 5.74) is 0. The average molecular weight is 335 g/mol. The van der Waals surface area contributed by atoms with Gasteiger partial charge in [-0.25, -0.2) is 0 Å². The van der Waals surface area contributed by atoms with Gasteiger partial charge in [-0.1, -0.05) is 6.42 Å². The number of guanidine groups is 1. The summed E-state index contributed by atoms with van der Waals surface area (Å²) >= 11 is 0. The molecule has 5 heteroatoms. The molecular formula is C19H34N4O. The van der Waals surface area contributed by atoms with E-state index in [0.29, 0.717) is 0 Å². The van der Waals surface area contributed by atoms with Crippen molar-refractivity contribution in [3.63, 3.8) is 0 Å². The Morgan fingerprint density at radius 2 is 2.08 bits per heavy atom. The fourth-order valence-electron chi connectivity index (χ4n) is 4.97. The maximum atomic E-state index is 5.72. The molecule has 0 radical (unpaired) electrons. The molecule has 5 nitrogen and oxygen atoms in total. The van der Waals surface area contributed by atoms with E-state index in [1.165, 1.54) is 58.3 Å². The second kappa shape index (κ2) is 7.61. The summed E-state index contributed by atoms with van der Waals surface area (Å²) in [5, 5.41) is 3.56. The standard InChI is InChI=1S/C19H34N4O/c1-20-19(21-8-4-10-24-14-15-6-7-15)23-12-16-11-22-9-3-2-5-18(22)17(16)13-23/h15-18H,2-14H2,1H3,(H,20,21). The number of ether oxygens (including phenoxy) is 1. The van der Waals surface area contributed by atoms with Crippen LogP contribution in [0.3, 0.4) is 0 Å². The number of hydrogen-bond acceptors (Lipinski definition) is 3. The third kappa shape index (κ3) is 3.72. The van der Waals surface area contributed by atoms with Crippen LogP contribution < -0.4 is 5.32 Å². The van der Waals surface area contributed by atoms with E-state index >= 15 is 0 Å². The van der Waals surface area contributed by atoms with Crippen LogP contribution >= 0.6 is 0 Å². The number of likely N-dealkylation sites (tertiary alicyclic amines) is 1. The van der Waals surface area contributed by atoms with Gasteiger partial charge >= 0.3 is 0 Å². The van der Waals surface area contributed by atoms with Gasteiger partial charge in [0.1, 0.15) is 0 Å². The number of piperidine rings is 1. The summed E-state index contributed by atoms with van der Waals surface area (Å²) in [4.78, 5) is 9.81. The molecule has 3 atom stereocenters. The van der Waals surface area contributed by atoms with Gasteiger partial charge in [0.25, 0.3) is 0 Å². The minimum absolute atomic E-state index is 0.850. The Morgan fingerprint density at radius 3 is 2.92 bits per heavy atom. The van der Waals surface area contributed by atoms with E-state index < -0.39 is 0 Å². The van der Waals surface area contributed by atoms with Crippen molar-refractivity contribution in [2.75, 3.05) is 53.0 Å². The van der Waals surface area contributed by atoms with Gasteiger partial charge in [0, 0.05) is 52.5 Å². The van der Waals surface area contributed by atoms with Crippen molar-refractivity contribution in [3.8, 4) is 0 Å². The van der Waals surface area contributed by atoms with Crippen LogP contribution in [0.25, 0.3) is 0 Å². The van der Waals surface area contributed by atoms with E-state index in [1.54, 1.807) is 0 Å². The van der Waals surface area contributed by atoms with E-state index in [0.717, 1.165) is 55.9 Å². The van der Waals surface area contributed by atoms with Gasteiger partial charge in [-0.2, -0.15) is 0 Å². The van der Waals surface area contributed by atoms with Crippen LogP contribution in [0, 0.1) is 17.8 Å². The lowest BCUT2D eigenvalue weighted by molar-refractivity contribution is 0.122. The highest BCUT2D eigenvalue weighted by atomic mass is 16.5. The Labute approximate surface area is 146 Å². The number of rotatable bonds is 6. The highest BCUT2D eigenvalue weighted by Crippen LogP contribution is 2.40. The summed E-state index contributed by atoms with van der Waals surface area (Å²) in [6, 6.07) is 0.850. The number of nitrogens with one attached hydrogen (secondary N) is 1. The molecule has 3 saturated heterocycles. The van der Waals surface area contributed by atoms with Gasteiger partial charge in [0.05, 0.1) is 0 Å². The summed E-state index contributed by atoms with van der Waals surface area (Å²) in [5.74, 6) is 3.70. The van der Waals surface area contributed by atoms with Gasteiger partial charge in [-0.15, -0.1) is 0 Å². The lowest BCUT2D eigenvalue weighted by atomic mass is 9.90. The minimum Gasteiger partial charge on any atom is -0.381 e. The first-order valence-electron chi connectivity index (χ1n) is 10.1. The first kappa shape index (κ1) is 16.6. The van der Waals surface area contributed by atoms with Crippen LogP contribution in [0.15, 0.2) is 4.99 Å². The van der Waals surface area contributed by atoms with E-state index in [-0.39, 0.29) is 0 Å². The Hall–Kier alpha value is -0.810. The van der Waals surface area contributed by atoms with Crippen molar-refractivity contribution in [1.82, 2.24) is 15.1 Å². The second-order valence-electron chi connectivity index (χ2n) is 8.23. The van der Waals surface area contributed by atoms with Crippen LogP contribution in [0.2, 0.25) is 0 Å². The van der Waals surface area contributed by atoms with Gasteiger partial charge in [-0.3, -0.25) is 9.89 Å². The molecule has 0 spiro atoms. The van der Waals surface area contributed by atoms with Crippen LogP contribution in [-0.2, 0) is 4.74 Å². The predicted molar refractivity (Wildman–Crippen MR) is 97.3 cm³/mol. The Bertz CT molecular complexity index is 451. The molecule has 3 unspecified atom stereocenters. The van der Waals surface area contributed by atoms with Crippen LogP contribution in [-0.4, -0.2) is 74.8 Å². The smallest absolute Gasteiger partial charge is 0.193 e. The van der Waals surface area contributed by atoms with Crippen molar-refractivity contribution >= 4 is 5.96 Å². The largest absolute Gasteiger partial charge is 0.381 e. The lowest BCUT2D eigenvalue weighted by Gasteiger charge is -2.33. The van der Waals surface area contributed by atoms with Crippen molar-refractivity contribution < 1.29 is 4.74 Å². The number of nitrogens with zero attached hydrogens (tertiary/aromatic N) is 3. The fourth-order valence-corrected chi connectivity index (χ4v) is 4.97. The van der Waals surface area contributed by atoms with Crippen LogP contribution in [0.5, 0.6) is 0 Å². The number of hydrogen-bond donors (Lipinski definition) is 1. The normalized spacial score (nSPS) is 33.6. The lowest BCUT2D eigenvalue weighted by Crippen LogP contribution is -2.44. The fraction of sp³-hybridized carbons (Fsp3) is 0.947. The van der Waals surface area contributed by atoms with E-state index in [2.05, 4.69) is 20.1 Å². The molecule has 0 amide bonds. The van der Waals surface area contributed by atoms with Crippen LogP contribution in [0.1, 0.15) is 38.5 Å². The molecule has 3 heterocycles. The SMILES string of the molecule is CN=C(NCCCOCC1CC1)N1CC2CN3CCCCC3C2C1. The third-order valence-corrected chi connectivity index (χ3v) is 6.43. The summed E-state index contributed by atoms with van der Waals surface area (Å²) in [6.07, 6.45) is 8.08. The quantitative estimate of drug-likeness (QED) is 0.457. The first-order chi connectivity index (χ1) is 11.8. The van der Waals surface area contributed by atoms with Gasteiger partial charge in [-0.05, 0) is 56.4 Å². The molecule has 0 aromatic rings. The van der Waals surface area contributed by atoms with Gasteiger partial charge in [0.15, 0.2) is 5.96 Å². The van der Waals surface area contributed by atoms with Crippen molar-refractivity contribution in [1.29, 1.82) is 0 Å². The molecule has 4 rings (SSSR count). The minimum atomic E-state index is 0.850. The number of aliphatic imine (C=N–C) groups is 1. The summed E-state index contributed by atoms with van der Waals surface area (Å²) in [7, 11) is 1.92. The average Bonchev–Trinajstić information content (AvgIpc) is 3.23. The highest BCUT2D eigenvalue weighted by Gasteiger charge is 2.47. The maximum absolute atomic E-state index is 5.72. The maximum Gasteiger partial charge on any atom is 0.193 e. The van der Waals surface area contributed by atoms with Gasteiger partial charge < -0.3 is 15.0 Å². The molecule has 0 bridgehead atoms. The zero-order chi connectivity index (χ0) is 16.4. The molecule has 0 aromatic carbocycles. The van der Waals surface area contributed by atoms with Crippen LogP contribution in [0.4, 0.5) is 0 Å². The van der Waals surface area contributed by atoms with Crippen molar-refractivity contribution in [2.24, 2.45) is 22.7 Å². The zero-order valence-electron chi connectivity index (χ0n) is 15.3.